The lowest BCUT2D eigenvalue weighted by Gasteiger charge is -2.36. The van der Waals surface area contributed by atoms with E-state index in [2.05, 4.69) is 10.2 Å². The zero-order chi connectivity index (χ0) is 15.9. The van der Waals surface area contributed by atoms with Gasteiger partial charge in [0.1, 0.15) is 5.82 Å². The van der Waals surface area contributed by atoms with E-state index < -0.39 is 5.82 Å². The molecule has 2 rings (SSSR count). The molecule has 0 aliphatic carbocycles. The summed E-state index contributed by atoms with van der Waals surface area (Å²) in [5.74, 6) is -0.396. The molecule has 1 aromatic carbocycles. The van der Waals surface area contributed by atoms with Gasteiger partial charge in [-0.15, -0.1) is 0 Å². The summed E-state index contributed by atoms with van der Waals surface area (Å²) in [4.78, 5) is 13.9. The number of amides is 1. The number of hydrogen-bond acceptors (Lipinski definition) is 3. The number of nitrogens with one attached hydrogen (secondary N) is 1. The lowest BCUT2D eigenvalue weighted by atomic mass is 10.0. The van der Waals surface area contributed by atoms with Crippen LogP contribution in [0.2, 0.25) is 5.02 Å². The molecule has 1 atom stereocenters. The second-order valence-corrected chi connectivity index (χ2v) is 6.12. The van der Waals surface area contributed by atoms with E-state index in [1.807, 2.05) is 0 Å². The molecule has 22 heavy (non-hydrogen) atoms. The smallest absolute Gasteiger partial charge is 0.221 e. The molecule has 1 aromatic rings. The number of carbonyl (C=O) groups is 1. The van der Waals surface area contributed by atoms with Crippen molar-refractivity contribution in [3.63, 3.8) is 0 Å². The van der Waals surface area contributed by atoms with Crippen molar-refractivity contribution in [3.8, 4) is 0 Å². The fourth-order valence-electron chi connectivity index (χ4n) is 2.82. The van der Waals surface area contributed by atoms with Crippen LogP contribution in [-0.4, -0.2) is 36.5 Å². The van der Waals surface area contributed by atoms with Crippen molar-refractivity contribution in [2.24, 2.45) is 5.73 Å². The number of carbonyl (C=O) groups excluding carboxylic acids is 1. The Bertz CT molecular complexity index is 512. The van der Waals surface area contributed by atoms with E-state index in [1.54, 1.807) is 12.1 Å². The fraction of sp³-hybridized carbons (Fsp3) is 0.562. The van der Waals surface area contributed by atoms with Crippen LogP contribution in [0.1, 0.15) is 31.2 Å². The molecule has 3 N–H and O–H groups in total. The molecular formula is C16H23ClFN3O. The Morgan fingerprint density at radius 2 is 2.27 bits per heavy atom. The second-order valence-electron chi connectivity index (χ2n) is 5.71. The van der Waals surface area contributed by atoms with Gasteiger partial charge >= 0.3 is 0 Å². The van der Waals surface area contributed by atoms with Gasteiger partial charge in [0.15, 0.2) is 0 Å². The van der Waals surface area contributed by atoms with Crippen molar-refractivity contribution in [2.75, 3.05) is 19.6 Å². The van der Waals surface area contributed by atoms with Crippen LogP contribution in [0.5, 0.6) is 0 Å². The molecule has 1 aliphatic rings. The van der Waals surface area contributed by atoms with E-state index in [1.165, 1.54) is 6.07 Å². The Labute approximate surface area is 135 Å². The van der Waals surface area contributed by atoms with E-state index in [0.29, 0.717) is 25.6 Å². The zero-order valence-electron chi connectivity index (χ0n) is 12.7. The average Bonchev–Trinajstić information content (AvgIpc) is 2.50. The third kappa shape index (κ3) is 4.93. The molecule has 122 valence electrons. The number of piperidine rings is 1. The summed E-state index contributed by atoms with van der Waals surface area (Å²) < 4.78 is 13.2. The molecular weight excluding hydrogens is 305 g/mol. The first kappa shape index (κ1) is 17.2. The van der Waals surface area contributed by atoms with Gasteiger partial charge in [0.05, 0.1) is 5.02 Å². The Morgan fingerprint density at radius 1 is 1.45 bits per heavy atom. The molecule has 0 aromatic heterocycles. The molecule has 1 unspecified atom stereocenters. The third-order valence-corrected chi connectivity index (χ3v) is 4.31. The van der Waals surface area contributed by atoms with E-state index in [9.17, 15) is 9.18 Å². The van der Waals surface area contributed by atoms with Crippen LogP contribution < -0.4 is 11.1 Å². The first-order valence-corrected chi connectivity index (χ1v) is 8.12. The number of nitrogens with zero attached hydrogens (tertiary/aromatic N) is 1. The largest absolute Gasteiger partial charge is 0.354 e. The highest BCUT2D eigenvalue weighted by Gasteiger charge is 2.23. The summed E-state index contributed by atoms with van der Waals surface area (Å²) in [6.45, 7) is 2.70. The molecule has 6 heteroatoms. The minimum atomic E-state index is -0.394. The monoisotopic (exact) mass is 327 g/mol. The van der Waals surface area contributed by atoms with Crippen LogP contribution in [0.25, 0.3) is 0 Å². The Kier molecular flexibility index (Phi) is 6.61. The number of nitrogens with two attached hydrogens (primary N) is 1. The highest BCUT2D eigenvalue weighted by molar-refractivity contribution is 6.30. The van der Waals surface area contributed by atoms with Crippen molar-refractivity contribution in [3.05, 3.63) is 34.6 Å². The maximum absolute atomic E-state index is 13.2. The first-order valence-electron chi connectivity index (χ1n) is 7.75. The van der Waals surface area contributed by atoms with Gasteiger partial charge in [-0.05, 0) is 37.1 Å². The van der Waals surface area contributed by atoms with Gasteiger partial charge in [-0.1, -0.05) is 24.1 Å². The molecule has 4 nitrogen and oxygen atoms in total. The minimum Gasteiger partial charge on any atom is -0.354 e. The maximum Gasteiger partial charge on any atom is 0.221 e. The molecule has 1 saturated heterocycles. The lowest BCUT2D eigenvalue weighted by Crippen LogP contribution is -2.46. The van der Waals surface area contributed by atoms with Crippen molar-refractivity contribution in [1.29, 1.82) is 0 Å². The summed E-state index contributed by atoms with van der Waals surface area (Å²) in [5, 5.41) is 3.10. The van der Waals surface area contributed by atoms with Gasteiger partial charge in [-0.25, -0.2) is 4.39 Å². The molecule has 0 radical (unpaired) electrons. The van der Waals surface area contributed by atoms with E-state index in [-0.39, 0.29) is 10.9 Å². The van der Waals surface area contributed by atoms with Crippen LogP contribution in [-0.2, 0) is 11.3 Å². The third-order valence-electron chi connectivity index (χ3n) is 4.03. The average molecular weight is 328 g/mol. The number of halogens is 2. The first-order chi connectivity index (χ1) is 10.6. The molecule has 1 aliphatic heterocycles. The number of rotatable bonds is 6. The van der Waals surface area contributed by atoms with Gasteiger partial charge < -0.3 is 11.1 Å². The Morgan fingerprint density at radius 3 is 3.00 bits per heavy atom. The van der Waals surface area contributed by atoms with Crippen LogP contribution in [0.3, 0.4) is 0 Å². The fourth-order valence-corrected chi connectivity index (χ4v) is 3.03. The maximum atomic E-state index is 13.2. The van der Waals surface area contributed by atoms with Crippen molar-refractivity contribution < 1.29 is 9.18 Å². The SMILES string of the molecule is NCCC(=O)NCC1CCCCN1Cc1ccc(F)c(Cl)c1. The van der Waals surface area contributed by atoms with Gasteiger partial charge in [0, 0.05) is 32.1 Å². The number of likely N-dealkylation sites (tertiary alicyclic amines) is 1. The summed E-state index contributed by atoms with van der Waals surface area (Å²) in [5.41, 5.74) is 6.37. The van der Waals surface area contributed by atoms with E-state index in [4.69, 9.17) is 17.3 Å². The molecule has 0 bridgehead atoms. The van der Waals surface area contributed by atoms with Gasteiger partial charge in [-0.3, -0.25) is 9.69 Å². The predicted molar refractivity (Wildman–Crippen MR) is 86.1 cm³/mol. The molecule has 1 amide bonds. The number of hydrogen-bond donors (Lipinski definition) is 2. The summed E-state index contributed by atoms with van der Waals surface area (Å²) >= 11 is 5.84. The van der Waals surface area contributed by atoms with Crippen molar-refractivity contribution in [2.45, 2.75) is 38.3 Å². The quantitative estimate of drug-likeness (QED) is 0.843. The normalized spacial score (nSPS) is 19.1. The second kappa shape index (κ2) is 8.46. The minimum absolute atomic E-state index is 0.00199. The Balaban J connectivity index is 1.94. The van der Waals surface area contributed by atoms with Crippen LogP contribution in [0.15, 0.2) is 18.2 Å². The van der Waals surface area contributed by atoms with Gasteiger partial charge in [-0.2, -0.15) is 0 Å². The van der Waals surface area contributed by atoms with Crippen LogP contribution >= 0.6 is 11.6 Å². The van der Waals surface area contributed by atoms with Gasteiger partial charge in [0.2, 0.25) is 5.91 Å². The van der Waals surface area contributed by atoms with Crippen molar-refractivity contribution in [1.82, 2.24) is 10.2 Å². The van der Waals surface area contributed by atoms with E-state index >= 15 is 0 Å². The molecule has 1 heterocycles. The summed E-state index contributed by atoms with van der Waals surface area (Å²) in [7, 11) is 0. The highest BCUT2D eigenvalue weighted by Crippen LogP contribution is 2.22. The number of benzene rings is 1. The predicted octanol–water partition coefficient (Wildman–Crippen LogP) is 2.30. The molecule has 1 fully saturated rings. The lowest BCUT2D eigenvalue weighted by molar-refractivity contribution is -0.121. The summed E-state index contributed by atoms with van der Waals surface area (Å²) in [6, 6.07) is 5.15. The van der Waals surface area contributed by atoms with Crippen LogP contribution in [0.4, 0.5) is 4.39 Å². The molecule has 0 saturated carbocycles. The van der Waals surface area contributed by atoms with Crippen molar-refractivity contribution >= 4 is 17.5 Å². The van der Waals surface area contributed by atoms with Gasteiger partial charge in [0.25, 0.3) is 0 Å². The zero-order valence-corrected chi connectivity index (χ0v) is 13.4. The molecule has 0 spiro atoms. The highest BCUT2D eigenvalue weighted by atomic mass is 35.5. The topological polar surface area (TPSA) is 58.4 Å². The van der Waals surface area contributed by atoms with E-state index in [0.717, 1.165) is 37.9 Å². The summed E-state index contributed by atoms with van der Waals surface area (Å²) in [6.07, 6.45) is 3.72. The Hall–Kier alpha value is -1.17. The standard InChI is InChI=1S/C16H23ClFN3O/c17-14-9-12(4-5-15(14)18)11-21-8-2-1-3-13(21)10-20-16(22)6-7-19/h4-5,9,13H,1-3,6-8,10-11,19H2,(H,20,22). The van der Waals surface area contributed by atoms with Crippen LogP contribution in [0, 0.1) is 5.82 Å².